The summed E-state index contributed by atoms with van der Waals surface area (Å²) in [5, 5.41) is 9.22. The number of aryl methyl sites for hydroxylation is 4. The normalized spacial score (nSPS) is 11.3. The van der Waals surface area contributed by atoms with Crippen molar-refractivity contribution in [2.45, 2.75) is 118 Å². The van der Waals surface area contributed by atoms with Crippen molar-refractivity contribution >= 4 is 40.0 Å². The van der Waals surface area contributed by atoms with Crippen LogP contribution in [0.25, 0.3) is 43.8 Å². The molecule has 0 radical (unpaired) electrons. The predicted octanol–water partition coefficient (Wildman–Crippen LogP) is 6.96. The number of hydrogen-bond acceptors (Lipinski definition) is 0. The molecule has 0 bridgehead atoms. The molecule has 272 valence electrons. The summed E-state index contributed by atoms with van der Waals surface area (Å²) in [6.45, 7) is 14.6. The van der Waals surface area contributed by atoms with E-state index in [1.807, 2.05) is 0 Å². The molecular formula is C48H58Cl2SiZr. The van der Waals surface area contributed by atoms with E-state index in [0.29, 0.717) is 0 Å². The summed E-state index contributed by atoms with van der Waals surface area (Å²) in [7, 11) is -2.25. The van der Waals surface area contributed by atoms with E-state index in [1.165, 1.54) is 106 Å². The van der Waals surface area contributed by atoms with Gasteiger partial charge in [-0.15, -0.1) is 69.1 Å². The molecule has 4 heteroatoms. The first-order chi connectivity index (χ1) is 23.9. The maximum atomic E-state index is 2.68. The third-order valence-electron chi connectivity index (χ3n) is 11.0. The Morgan fingerprint density at radius 3 is 1.15 bits per heavy atom. The Kier molecular flexibility index (Phi) is 17.4. The third-order valence-corrected chi connectivity index (χ3v) is 14.7. The number of benzene rings is 4. The monoisotopic (exact) mass is 822 g/mol. The Labute approximate surface area is 347 Å². The second-order valence-electron chi connectivity index (χ2n) is 15.1. The fourth-order valence-corrected chi connectivity index (χ4v) is 12.5. The number of unbranched alkanes of at least 4 members (excludes halogenated alkanes) is 4. The Bertz CT molecular complexity index is 1830. The summed E-state index contributed by atoms with van der Waals surface area (Å²) in [6.07, 6.45) is 14.5. The quantitative estimate of drug-likeness (QED) is 0.0732. The Balaban J connectivity index is 0.00000243. The van der Waals surface area contributed by atoms with Crippen LogP contribution in [0.4, 0.5) is 0 Å². The van der Waals surface area contributed by atoms with Crippen LogP contribution in [-0.4, -0.2) is 8.07 Å². The van der Waals surface area contributed by atoms with Crippen molar-refractivity contribution in [3.63, 3.8) is 0 Å². The Hall–Kier alpha value is -2.22. The molecule has 0 saturated heterocycles. The summed E-state index contributed by atoms with van der Waals surface area (Å²) in [5.41, 5.74) is 11.6. The van der Waals surface area contributed by atoms with Gasteiger partial charge in [-0.25, -0.2) is 0 Å². The number of halogens is 2. The van der Waals surface area contributed by atoms with Crippen LogP contribution >= 0.6 is 0 Å². The molecule has 0 heterocycles. The molecule has 0 N–H and O–H groups in total. The van der Waals surface area contributed by atoms with Crippen LogP contribution < -0.4 is 35.2 Å². The van der Waals surface area contributed by atoms with Gasteiger partial charge in [0.05, 0.1) is 0 Å². The largest absolute Gasteiger partial charge is 4.00 e. The molecule has 6 rings (SSSR count). The Morgan fingerprint density at radius 1 is 0.462 bits per heavy atom. The van der Waals surface area contributed by atoms with Gasteiger partial charge in [0.25, 0.3) is 0 Å². The van der Waals surface area contributed by atoms with Crippen LogP contribution in [0.3, 0.4) is 0 Å². The average Bonchev–Trinajstić information content (AvgIpc) is 3.71. The number of rotatable bonds is 16. The molecule has 6 aromatic rings. The first-order valence-electron chi connectivity index (χ1n) is 19.5. The van der Waals surface area contributed by atoms with Gasteiger partial charge in [-0.3, -0.25) is 0 Å². The molecule has 0 aromatic heterocycles. The van der Waals surface area contributed by atoms with E-state index in [-0.39, 0.29) is 51.0 Å². The molecule has 0 unspecified atom stereocenters. The van der Waals surface area contributed by atoms with Gasteiger partial charge < -0.3 is 24.8 Å². The van der Waals surface area contributed by atoms with Crippen molar-refractivity contribution in [3.8, 4) is 22.3 Å². The minimum absolute atomic E-state index is 0. The van der Waals surface area contributed by atoms with E-state index in [1.54, 1.807) is 21.5 Å². The zero-order valence-electron chi connectivity index (χ0n) is 32.5. The zero-order chi connectivity index (χ0) is 34.4. The molecule has 0 nitrogen and oxygen atoms in total. The molecular weight excluding hydrogens is 767 g/mol. The molecule has 52 heavy (non-hydrogen) atoms. The molecule has 0 atom stereocenters. The van der Waals surface area contributed by atoms with E-state index in [9.17, 15) is 0 Å². The molecule has 0 aliphatic rings. The maximum absolute atomic E-state index is 2.68. The average molecular weight is 825 g/mol. The summed E-state index contributed by atoms with van der Waals surface area (Å²) < 4.78 is 0. The van der Waals surface area contributed by atoms with Crippen LogP contribution in [0.15, 0.2) is 97.1 Å². The molecule has 0 spiro atoms. The SMILES string of the molecule is CCCCc1ccc(-c2cccc3[cH-]c(CCCC)c([Si](C)(C)c4c(CCCC)[cH-]c5cccc(-c6ccc(CCCC)cc6)c45)c23)cc1.[Cl-].[Cl-].[Zr+4]. The van der Waals surface area contributed by atoms with Crippen LogP contribution in [0.5, 0.6) is 0 Å². The molecule has 6 aromatic carbocycles. The summed E-state index contributed by atoms with van der Waals surface area (Å²) in [5.74, 6) is 0. The van der Waals surface area contributed by atoms with Gasteiger partial charge in [0.2, 0.25) is 0 Å². The van der Waals surface area contributed by atoms with Crippen molar-refractivity contribution in [1.29, 1.82) is 0 Å². The summed E-state index contributed by atoms with van der Waals surface area (Å²) in [6, 6.07) is 38.3. The second kappa shape index (κ2) is 20.5. The van der Waals surface area contributed by atoms with Crippen molar-refractivity contribution in [3.05, 3.63) is 119 Å². The van der Waals surface area contributed by atoms with Crippen LogP contribution in [0, 0.1) is 0 Å². The van der Waals surface area contributed by atoms with E-state index < -0.39 is 8.07 Å². The van der Waals surface area contributed by atoms with Gasteiger partial charge in [0, 0.05) is 8.07 Å². The van der Waals surface area contributed by atoms with E-state index in [4.69, 9.17) is 0 Å². The van der Waals surface area contributed by atoms with Gasteiger partial charge in [-0.2, -0.15) is 10.4 Å². The first-order valence-corrected chi connectivity index (χ1v) is 22.5. The topological polar surface area (TPSA) is 0 Å². The van der Waals surface area contributed by atoms with Gasteiger partial charge >= 0.3 is 26.2 Å². The Morgan fingerprint density at radius 2 is 0.808 bits per heavy atom. The standard InChI is InChI=1S/C48H58Si.2ClH.Zr/c1-7-11-17-35-25-29-37(30-26-35)43-23-15-21-39-33-41(19-13-9-3)47(45(39)43)49(5,6)48-42(20-14-10-4)34-40-22-16-24-44(46(40)48)38-31-27-36(28-32-38)18-12-8-2;;;/h15-16,21-34H,7-14,17-20H2,1-6H3;2*1H;/q-2;;;+4/p-2. The molecule has 0 fully saturated rings. The fraction of sp³-hybridized carbons (Fsp3) is 0.375. The second-order valence-corrected chi connectivity index (χ2v) is 19.3. The van der Waals surface area contributed by atoms with E-state index >= 15 is 0 Å². The van der Waals surface area contributed by atoms with Crippen molar-refractivity contribution < 1.29 is 51.0 Å². The smallest absolute Gasteiger partial charge is 1.00 e. The van der Waals surface area contributed by atoms with Gasteiger partial charge in [-0.05, 0) is 60.8 Å². The molecule has 0 aliphatic carbocycles. The predicted molar refractivity (Wildman–Crippen MR) is 221 cm³/mol. The summed E-state index contributed by atoms with van der Waals surface area (Å²) in [4.78, 5) is 0. The number of hydrogen-bond donors (Lipinski definition) is 0. The zero-order valence-corrected chi connectivity index (χ0v) is 37.4. The van der Waals surface area contributed by atoms with E-state index in [2.05, 4.69) is 138 Å². The van der Waals surface area contributed by atoms with E-state index in [0.717, 1.165) is 25.7 Å². The van der Waals surface area contributed by atoms with Crippen molar-refractivity contribution in [1.82, 2.24) is 0 Å². The fourth-order valence-electron chi connectivity index (χ4n) is 8.41. The van der Waals surface area contributed by atoms with Crippen LogP contribution in [0.2, 0.25) is 13.1 Å². The minimum atomic E-state index is -2.25. The third kappa shape index (κ3) is 9.34. The molecule has 0 amide bonds. The van der Waals surface area contributed by atoms with Gasteiger partial charge in [0.1, 0.15) is 0 Å². The molecule has 0 saturated carbocycles. The number of fused-ring (bicyclic) bond motifs is 2. The van der Waals surface area contributed by atoms with Gasteiger partial charge in [0.15, 0.2) is 0 Å². The molecule has 0 aliphatic heterocycles. The first kappa shape index (κ1) is 44.2. The van der Waals surface area contributed by atoms with Crippen molar-refractivity contribution in [2.75, 3.05) is 0 Å². The van der Waals surface area contributed by atoms with Crippen LogP contribution in [-0.2, 0) is 51.9 Å². The van der Waals surface area contributed by atoms with Crippen molar-refractivity contribution in [2.24, 2.45) is 0 Å². The van der Waals surface area contributed by atoms with Crippen LogP contribution in [0.1, 0.15) is 101 Å². The summed E-state index contributed by atoms with van der Waals surface area (Å²) >= 11 is 0. The minimum Gasteiger partial charge on any atom is -1.00 e. The maximum Gasteiger partial charge on any atom is 4.00 e. The van der Waals surface area contributed by atoms with Gasteiger partial charge in [-0.1, -0.05) is 151 Å².